The van der Waals surface area contributed by atoms with Gasteiger partial charge in [-0.25, -0.2) is 0 Å². The van der Waals surface area contributed by atoms with Crippen molar-refractivity contribution >= 4 is 0 Å². The highest BCUT2D eigenvalue weighted by Gasteiger charge is 2.30. The highest BCUT2D eigenvalue weighted by atomic mass is 16.5. The van der Waals surface area contributed by atoms with Gasteiger partial charge in [0.05, 0.1) is 12.1 Å². The van der Waals surface area contributed by atoms with Gasteiger partial charge in [0, 0.05) is 5.56 Å². The second-order valence-electron chi connectivity index (χ2n) is 6.37. The number of aliphatic hydroxyl groups is 1. The van der Waals surface area contributed by atoms with Crippen LogP contribution in [0.2, 0.25) is 0 Å². The summed E-state index contributed by atoms with van der Waals surface area (Å²) in [6, 6.07) is 17.5. The van der Waals surface area contributed by atoms with Gasteiger partial charge in [-0.15, -0.1) is 0 Å². The molecule has 1 aliphatic carbocycles. The van der Waals surface area contributed by atoms with Crippen molar-refractivity contribution in [1.82, 2.24) is 0 Å². The zero-order valence-electron chi connectivity index (χ0n) is 13.4. The van der Waals surface area contributed by atoms with E-state index in [1.54, 1.807) is 0 Å². The first-order chi connectivity index (χ1) is 11.3. The molecule has 0 unspecified atom stereocenters. The fraction of sp³-hybridized carbons (Fsp3) is 0.400. The van der Waals surface area contributed by atoms with Crippen LogP contribution in [0.25, 0.3) is 0 Å². The average Bonchev–Trinajstić information content (AvgIpc) is 3.14. The number of rotatable bonds is 6. The molecular formula is C20H25NO2. The van der Waals surface area contributed by atoms with Crippen molar-refractivity contribution in [2.45, 2.75) is 44.4 Å². The van der Waals surface area contributed by atoms with Gasteiger partial charge in [0.1, 0.15) is 12.4 Å². The van der Waals surface area contributed by atoms with Crippen LogP contribution in [0, 0.1) is 5.92 Å². The minimum atomic E-state index is -0.501. The maximum atomic E-state index is 10.6. The molecule has 122 valence electrons. The van der Waals surface area contributed by atoms with Crippen molar-refractivity contribution in [3.05, 3.63) is 65.7 Å². The van der Waals surface area contributed by atoms with E-state index >= 15 is 0 Å². The molecule has 1 aliphatic rings. The summed E-state index contributed by atoms with van der Waals surface area (Å²) < 4.78 is 5.97. The molecule has 0 bridgehead atoms. The predicted molar refractivity (Wildman–Crippen MR) is 92.1 cm³/mol. The van der Waals surface area contributed by atoms with E-state index in [0.717, 1.165) is 29.7 Å². The Kier molecular flexibility index (Phi) is 5.31. The number of benzene rings is 2. The molecule has 2 atom stereocenters. The molecule has 0 heterocycles. The number of para-hydroxylation sites is 1. The monoisotopic (exact) mass is 311 g/mol. The van der Waals surface area contributed by atoms with Gasteiger partial charge in [0.2, 0.25) is 0 Å². The van der Waals surface area contributed by atoms with Crippen LogP contribution in [-0.4, -0.2) is 11.2 Å². The van der Waals surface area contributed by atoms with Crippen molar-refractivity contribution in [2.75, 3.05) is 0 Å². The molecule has 0 aliphatic heterocycles. The molecule has 2 aromatic rings. The van der Waals surface area contributed by atoms with Gasteiger partial charge in [-0.1, -0.05) is 61.4 Å². The maximum absolute atomic E-state index is 10.6. The lowest BCUT2D eigenvalue weighted by Crippen LogP contribution is -2.32. The van der Waals surface area contributed by atoms with Gasteiger partial charge in [-0.05, 0) is 30.4 Å². The van der Waals surface area contributed by atoms with Crippen LogP contribution in [-0.2, 0) is 6.61 Å². The van der Waals surface area contributed by atoms with Crippen LogP contribution in [0.15, 0.2) is 54.6 Å². The molecule has 0 spiro atoms. The number of hydrogen-bond donors (Lipinski definition) is 2. The van der Waals surface area contributed by atoms with Crippen LogP contribution in [0.3, 0.4) is 0 Å². The first-order valence-electron chi connectivity index (χ1n) is 8.45. The van der Waals surface area contributed by atoms with Crippen molar-refractivity contribution in [3.8, 4) is 5.75 Å². The zero-order valence-corrected chi connectivity index (χ0v) is 13.4. The summed E-state index contributed by atoms with van der Waals surface area (Å²) >= 11 is 0. The summed E-state index contributed by atoms with van der Waals surface area (Å²) in [7, 11) is 0. The van der Waals surface area contributed by atoms with Crippen LogP contribution in [0.4, 0.5) is 0 Å². The number of hydrogen-bond acceptors (Lipinski definition) is 3. The van der Waals surface area contributed by atoms with E-state index in [0.29, 0.717) is 12.5 Å². The molecule has 3 heteroatoms. The molecular weight excluding hydrogens is 286 g/mol. The van der Waals surface area contributed by atoms with Gasteiger partial charge in [0.25, 0.3) is 0 Å². The summed E-state index contributed by atoms with van der Waals surface area (Å²) in [6.45, 7) is 0.504. The molecule has 1 saturated carbocycles. The quantitative estimate of drug-likeness (QED) is 0.853. The molecule has 23 heavy (non-hydrogen) atoms. The number of nitrogens with two attached hydrogens (primary N) is 1. The first kappa shape index (κ1) is 16.0. The van der Waals surface area contributed by atoms with Crippen LogP contribution in [0.5, 0.6) is 5.75 Å². The Morgan fingerprint density at radius 2 is 1.65 bits per heavy atom. The second kappa shape index (κ2) is 7.62. The van der Waals surface area contributed by atoms with Gasteiger partial charge in [-0.2, -0.15) is 0 Å². The SMILES string of the molecule is N[C@@H](c1ccccc1OCc1ccccc1)[C@H](O)C1CCCC1. The number of ether oxygens (including phenoxy) is 1. The maximum Gasteiger partial charge on any atom is 0.124 e. The lowest BCUT2D eigenvalue weighted by atomic mass is 9.90. The Labute approximate surface area is 138 Å². The zero-order chi connectivity index (χ0) is 16.1. The second-order valence-corrected chi connectivity index (χ2v) is 6.37. The van der Waals surface area contributed by atoms with Gasteiger partial charge in [0.15, 0.2) is 0 Å². The third kappa shape index (κ3) is 3.92. The average molecular weight is 311 g/mol. The first-order valence-corrected chi connectivity index (χ1v) is 8.45. The number of aliphatic hydroxyl groups excluding tert-OH is 1. The third-order valence-electron chi connectivity index (χ3n) is 4.77. The predicted octanol–water partition coefficient (Wildman–Crippen LogP) is 3.82. The topological polar surface area (TPSA) is 55.5 Å². The minimum absolute atomic E-state index is 0.312. The van der Waals surface area contributed by atoms with E-state index in [-0.39, 0.29) is 0 Å². The van der Waals surface area contributed by atoms with Crippen LogP contribution in [0.1, 0.15) is 42.9 Å². The van der Waals surface area contributed by atoms with Gasteiger partial charge >= 0.3 is 0 Å². The summed E-state index contributed by atoms with van der Waals surface area (Å²) in [4.78, 5) is 0. The third-order valence-corrected chi connectivity index (χ3v) is 4.77. The Morgan fingerprint density at radius 1 is 1.00 bits per heavy atom. The molecule has 0 amide bonds. The molecule has 2 aromatic carbocycles. The molecule has 3 nitrogen and oxygen atoms in total. The van der Waals surface area contributed by atoms with E-state index in [4.69, 9.17) is 10.5 Å². The fourth-order valence-electron chi connectivity index (χ4n) is 3.40. The van der Waals surface area contributed by atoms with E-state index in [9.17, 15) is 5.11 Å². The van der Waals surface area contributed by atoms with Crippen molar-refractivity contribution in [2.24, 2.45) is 11.7 Å². The highest BCUT2D eigenvalue weighted by Crippen LogP contribution is 2.35. The summed E-state index contributed by atoms with van der Waals surface area (Å²) in [6.07, 6.45) is 4.03. The summed E-state index contributed by atoms with van der Waals surface area (Å²) in [5, 5.41) is 10.6. The standard InChI is InChI=1S/C20H25NO2/c21-19(20(22)16-10-4-5-11-16)17-12-6-7-13-18(17)23-14-15-8-2-1-3-9-15/h1-3,6-9,12-13,16,19-20,22H,4-5,10-11,14,21H2/t19-,20+/m0/s1. The van der Waals surface area contributed by atoms with Crippen molar-refractivity contribution < 1.29 is 9.84 Å². The highest BCUT2D eigenvalue weighted by molar-refractivity contribution is 5.36. The Bertz CT molecular complexity index is 608. The molecule has 0 aromatic heterocycles. The fourth-order valence-corrected chi connectivity index (χ4v) is 3.40. The van der Waals surface area contributed by atoms with Crippen LogP contribution >= 0.6 is 0 Å². The van der Waals surface area contributed by atoms with E-state index in [2.05, 4.69) is 0 Å². The van der Waals surface area contributed by atoms with Crippen LogP contribution < -0.4 is 10.5 Å². The minimum Gasteiger partial charge on any atom is -0.489 e. The van der Waals surface area contributed by atoms with Crippen molar-refractivity contribution in [1.29, 1.82) is 0 Å². The lowest BCUT2D eigenvalue weighted by Gasteiger charge is -2.26. The molecule has 1 fully saturated rings. The molecule has 0 saturated heterocycles. The Morgan fingerprint density at radius 3 is 2.39 bits per heavy atom. The molecule has 3 rings (SSSR count). The molecule has 3 N–H and O–H groups in total. The summed E-state index contributed by atoms with van der Waals surface area (Å²) in [5.41, 5.74) is 8.37. The summed E-state index contributed by atoms with van der Waals surface area (Å²) in [5.74, 6) is 1.08. The normalized spacial score (nSPS) is 17.8. The van der Waals surface area contributed by atoms with E-state index < -0.39 is 12.1 Å². The van der Waals surface area contributed by atoms with Gasteiger partial charge < -0.3 is 15.6 Å². The van der Waals surface area contributed by atoms with E-state index in [1.165, 1.54) is 12.8 Å². The van der Waals surface area contributed by atoms with Gasteiger partial charge in [-0.3, -0.25) is 0 Å². The smallest absolute Gasteiger partial charge is 0.124 e. The largest absolute Gasteiger partial charge is 0.489 e. The van der Waals surface area contributed by atoms with E-state index in [1.807, 2.05) is 54.6 Å². The van der Waals surface area contributed by atoms with Crippen molar-refractivity contribution in [3.63, 3.8) is 0 Å². The lowest BCUT2D eigenvalue weighted by molar-refractivity contribution is 0.0832. The Balaban J connectivity index is 1.71. The molecule has 0 radical (unpaired) electrons. The Hall–Kier alpha value is -1.84.